The van der Waals surface area contributed by atoms with Crippen LogP contribution in [0.25, 0.3) is 0 Å². The lowest BCUT2D eigenvalue weighted by Crippen LogP contribution is -2.55. The SMILES string of the molecule is C[C@]1(O)CC2C3C(=O)N(c4cccc(F)n4)C(=O)C3C3(C(=O)Nc4c(Cl)cc(Cl)cc43)N2C1. The first-order valence-corrected chi connectivity index (χ1v) is 11.1. The van der Waals surface area contributed by atoms with E-state index in [4.69, 9.17) is 23.2 Å². The molecule has 2 aromatic rings. The van der Waals surface area contributed by atoms with Gasteiger partial charge in [0.1, 0.15) is 11.4 Å². The molecular formula is C22H17Cl2FN4O4. The minimum Gasteiger partial charge on any atom is -0.389 e. The van der Waals surface area contributed by atoms with Crippen molar-refractivity contribution in [1.29, 1.82) is 0 Å². The molecule has 4 unspecified atom stereocenters. The predicted molar refractivity (Wildman–Crippen MR) is 116 cm³/mol. The summed E-state index contributed by atoms with van der Waals surface area (Å²) in [5.41, 5.74) is -2.09. The van der Waals surface area contributed by atoms with Crippen molar-refractivity contribution in [1.82, 2.24) is 9.88 Å². The summed E-state index contributed by atoms with van der Waals surface area (Å²) in [7, 11) is 0. The van der Waals surface area contributed by atoms with Crippen molar-refractivity contribution in [3.05, 3.63) is 51.9 Å². The van der Waals surface area contributed by atoms with Crippen LogP contribution in [0.4, 0.5) is 15.9 Å². The largest absolute Gasteiger partial charge is 0.389 e. The number of fused-ring (bicyclic) bond motifs is 7. The van der Waals surface area contributed by atoms with Crippen molar-refractivity contribution in [3.63, 3.8) is 0 Å². The van der Waals surface area contributed by atoms with Crippen molar-refractivity contribution >= 4 is 52.4 Å². The van der Waals surface area contributed by atoms with Crippen LogP contribution < -0.4 is 10.2 Å². The van der Waals surface area contributed by atoms with Gasteiger partial charge in [0.2, 0.25) is 17.8 Å². The third kappa shape index (κ3) is 2.53. The monoisotopic (exact) mass is 490 g/mol. The number of aliphatic hydroxyl groups is 1. The maximum atomic E-state index is 13.8. The summed E-state index contributed by atoms with van der Waals surface area (Å²) in [6.07, 6.45) is 0.177. The van der Waals surface area contributed by atoms with E-state index in [9.17, 15) is 23.9 Å². The summed E-state index contributed by atoms with van der Waals surface area (Å²) in [5, 5.41) is 14.1. The molecule has 0 bridgehead atoms. The van der Waals surface area contributed by atoms with Crippen LogP contribution in [0.2, 0.25) is 10.0 Å². The van der Waals surface area contributed by atoms with Gasteiger partial charge in [-0.1, -0.05) is 29.3 Å². The molecule has 3 saturated heterocycles. The quantitative estimate of drug-likeness (QED) is 0.469. The number of imide groups is 1. The normalized spacial score (nSPS) is 34.8. The van der Waals surface area contributed by atoms with E-state index in [1.54, 1.807) is 17.9 Å². The minimum atomic E-state index is -1.60. The maximum Gasteiger partial charge on any atom is 0.250 e. The molecule has 2 N–H and O–H groups in total. The molecule has 1 aromatic carbocycles. The van der Waals surface area contributed by atoms with E-state index >= 15 is 0 Å². The number of pyridine rings is 1. The highest BCUT2D eigenvalue weighted by atomic mass is 35.5. The molecule has 5 heterocycles. The van der Waals surface area contributed by atoms with Gasteiger partial charge in [0.15, 0.2) is 0 Å². The molecule has 0 aliphatic carbocycles. The maximum absolute atomic E-state index is 13.8. The minimum absolute atomic E-state index is 0.0699. The summed E-state index contributed by atoms with van der Waals surface area (Å²) in [6.45, 7) is 1.69. The van der Waals surface area contributed by atoms with Crippen molar-refractivity contribution in [2.24, 2.45) is 11.8 Å². The van der Waals surface area contributed by atoms with Gasteiger partial charge in [0, 0.05) is 23.2 Å². The first-order valence-electron chi connectivity index (χ1n) is 10.4. The Morgan fingerprint density at radius 2 is 1.97 bits per heavy atom. The predicted octanol–water partition coefficient (Wildman–Crippen LogP) is 2.32. The first kappa shape index (κ1) is 21.0. The second kappa shape index (κ2) is 6.50. The molecule has 4 aliphatic heterocycles. The van der Waals surface area contributed by atoms with Gasteiger partial charge in [-0.3, -0.25) is 19.3 Å². The highest BCUT2D eigenvalue weighted by molar-refractivity contribution is 6.38. The second-order valence-electron chi connectivity index (χ2n) is 9.26. The lowest BCUT2D eigenvalue weighted by atomic mass is 9.74. The van der Waals surface area contributed by atoms with Gasteiger partial charge >= 0.3 is 0 Å². The van der Waals surface area contributed by atoms with E-state index < -0.39 is 52.7 Å². The number of hydrogen-bond acceptors (Lipinski definition) is 6. The van der Waals surface area contributed by atoms with Crippen LogP contribution in [0, 0.1) is 17.8 Å². The number of rotatable bonds is 1. The number of nitrogens with one attached hydrogen (secondary N) is 1. The number of carbonyl (C=O) groups is 3. The van der Waals surface area contributed by atoms with Gasteiger partial charge in [-0.15, -0.1) is 0 Å². The number of anilines is 2. The summed E-state index contributed by atoms with van der Waals surface area (Å²) in [5.74, 6) is -4.80. The molecule has 6 rings (SSSR count). The zero-order chi connectivity index (χ0) is 23.4. The van der Waals surface area contributed by atoms with Gasteiger partial charge in [-0.2, -0.15) is 4.39 Å². The van der Waals surface area contributed by atoms with Crippen LogP contribution in [-0.2, 0) is 19.9 Å². The summed E-state index contributed by atoms with van der Waals surface area (Å²) in [4.78, 5) is 47.4. The zero-order valence-electron chi connectivity index (χ0n) is 17.2. The third-order valence-electron chi connectivity index (χ3n) is 7.21. The molecule has 3 fully saturated rings. The summed E-state index contributed by atoms with van der Waals surface area (Å²) < 4.78 is 13.8. The molecule has 33 heavy (non-hydrogen) atoms. The van der Waals surface area contributed by atoms with Gasteiger partial charge in [0.25, 0.3) is 5.91 Å². The van der Waals surface area contributed by atoms with E-state index in [1.165, 1.54) is 18.2 Å². The van der Waals surface area contributed by atoms with Crippen molar-refractivity contribution in [2.45, 2.75) is 30.5 Å². The van der Waals surface area contributed by atoms with E-state index in [1.807, 2.05) is 0 Å². The number of benzene rings is 1. The van der Waals surface area contributed by atoms with Crippen LogP contribution in [0.1, 0.15) is 18.9 Å². The van der Waals surface area contributed by atoms with Crippen LogP contribution in [-0.4, -0.2) is 50.9 Å². The van der Waals surface area contributed by atoms with Gasteiger partial charge < -0.3 is 10.4 Å². The van der Waals surface area contributed by atoms with E-state index in [2.05, 4.69) is 10.3 Å². The standard InChI is InChI=1S/C22H17Cl2FN4O4/c1-21(33)7-12-15-16(19(31)29(18(15)30)14-4-2-3-13(25)26-14)22(28(12)8-21)10-5-9(23)6-11(24)17(10)27-20(22)32/h2-6,12,15-16,33H,7-8H2,1H3,(H,27,32)/t12?,15?,16?,21-,22?/m0/s1. The Balaban J connectivity index is 1.60. The molecule has 11 heteroatoms. The van der Waals surface area contributed by atoms with Crippen LogP contribution in [0.3, 0.4) is 0 Å². The number of nitrogens with zero attached hydrogens (tertiary/aromatic N) is 3. The molecule has 170 valence electrons. The van der Waals surface area contributed by atoms with E-state index in [0.29, 0.717) is 11.3 Å². The van der Waals surface area contributed by atoms with Gasteiger partial charge in [0.05, 0.1) is 28.1 Å². The van der Waals surface area contributed by atoms with Crippen LogP contribution in [0.5, 0.6) is 0 Å². The van der Waals surface area contributed by atoms with E-state index in [-0.39, 0.29) is 28.8 Å². The topological polar surface area (TPSA) is 103 Å². The highest BCUT2D eigenvalue weighted by Crippen LogP contribution is 2.62. The number of carbonyl (C=O) groups excluding carboxylic acids is 3. The van der Waals surface area contributed by atoms with Gasteiger partial charge in [-0.05, 0) is 37.6 Å². The van der Waals surface area contributed by atoms with Crippen molar-refractivity contribution in [3.8, 4) is 0 Å². The Labute approximate surface area is 197 Å². The van der Waals surface area contributed by atoms with Crippen LogP contribution >= 0.6 is 23.2 Å². The molecule has 5 atom stereocenters. The fraction of sp³-hybridized carbons (Fsp3) is 0.364. The Morgan fingerprint density at radius 3 is 2.70 bits per heavy atom. The smallest absolute Gasteiger partial charge is 0.250 e. The third-order valence-corrected chi connectivity index (χ3v) is 7.73. The molecule has 0 radical (unpaired) electrons. The lowest BCUT2D eigenvalue weighted by Gasteiger charge is -2.37. The number of amides is 3. The Bertz CT molecular complexity index is 1290. The van der Waals surface area contributed by atoms with Crippen molar-refractivity contribution in [2.75, 3.05) is 16.8 Å². The molecule has 1 spiro atoms. The fourth-order valence-corrected chi connectivity index (χ4v) is 6.73. The zero-order valence-corrected chi connectivity index (χ0v) is 18.7. The lowest BCUT2D eigenvalue weighted by molar-refractivity contribution is -0.136. The summed E-state index contributed by atoms with van der Waals surface area (Å²) in [6, 6.07) is 6.27. The van der Waals surface area contributed by atoms with E-state index in [0.717, 1.165) is 11.0 Å². The summed E-state index contributed by atoms with van der Waals surface area (Å²) >= 11 is 12.7. The average molecular weight is 491 g/mol. The fourth-order valence-electron chi connectivity index (χ4n) is 6.19. The van der Waals surface area contributed by atoms with Crippen molar-refractivity contribution < 1.29 is 23.9 Å². The number of hydrogen-bond donors (Lipinski definition) is 2. The Kier molecular flexibility index (Phi) is 4.13. The molecule has 3 amide bonds. The van der Waals surface area contributed by atoms with Gasteiger partial charge in [-0.25, -0.2) is 9.88 Å². The molecule has 8 nitrogen and oxygen atoms in total. The molecule has 1 aromatic heterocycles. The first-order chi connectivity index (χ1) is 15.6. The Hall–Kier alpha value is -2.59. The number of halogens is 3. The molecular weight excluding hydrogens is 474 g/mol. The number of aromatic nitrogens is 1. The second-order valence-corrected chi connectivity index (χ2v) is 10.1. The Morgan fingerprint density at radius 1 is 1.21 bits per heavy atom. The molecule has 4 aliphatic rings. The highest BCUT2D eigenvalue weighted by Gasteiger charge is 2.76. The average Bonchev–Trinajstić information content (AvgIpc) is 3.36. The molecule has 0 saturated carbocycles. The van der Waals surface area contributed by atoms with Crippen LogP contribution in [0.15, 0.2) is 30.3 Å².